The average Bonchev–Trinajstić information content (AvgIpc) is 3.60. The van der Waals surface area contributed by atoms with E-state index in [1.807, 2.05) is 37.3 Å². The van der Waals surface area contributed by atoms with Gasteiger partial charge in [0.15, 0.2) is 0 Å². The molecule has 2 amide bonds. The van der Waals surface area contributed by atoms with Crippen molar-refractivity contribution in [1.82, 2.24) is 15.2 Å². The van der Waals surface area contributed by atoms with Crippen molar-refractivity contribution >= 4 is 22.6 Å². The third-order valence-electron chi connectivity index (χ3n) is 11.8. The van der Waals surface area contributed by atoms with E-state index in [0.29, 0.717) is 43.9 Å². The van der Waals surface area contributed by atoms with Crippen molar-refractivity contribution in [2.75, 3.05) is 26.4 Å². The van der Waals surface area contributed by atoms with Gasteiger partial charge in [-0.05, 0) is 98.1 Å². The van der Waals surface area contributed by atoms with E-state index in [0.717, 1.165) is 72.7 Å². The fraction of sp³-hybridized carbons (Fsp3) is 0.571. The number of hydrogen-bond donors (Lipinski definition) is 6. The van der Waals surface area contributed by atoms with Crippen LogP contribution >= 0.6 is 0 Å². The molecule has 6 N–H and O–H groups in total. The predicted molar refractivity (Wildman–Crippen MR) is 205 cm³/mol. The molecule has 0 bridgehead atoms. The number of allylic oxidation sites excluding steroid dienone is 1. The minimum Gasteiger partial charge on any atom is -0.508 e. The first-order chi connectivity index (χ1) is 26.3. The molecule has 7 rings (SSSR count). The zero-order valence-corrected chi connectivity index (χ0v) is 31.3. The summed E-state index contributed by atoms with van der Waals surface area (Å²) >= 11 is 0. The van der Waals surface area contributed by atoms with Crippen molar-refractivity contribution < 1.29 is 39.5 Å². The number of fused-ring (bicyclic) bond motifs is 3. The highest BCUT2D eigenvalue weighted by molar-refractivity contribution is 6.03. The van der Waals surface area contributed by atoms with E-state index < -0.39 is 24.0 Å². The van der Waals surface area contributed by atoms with Gasteiger partial charge in [-0.1, -0.05) is 49.2 Å². The lowest BCUT2D eigenvalue weighted by Gasteiger charge is -2.58. The van der Waals surface area contributed by atoms with Gasteiger partial charge in [-0.15, -0.1) is 0 Å². The number of nitrogens with one attached hydrogen (secondary N) is 2. The van der Waals surface area contributed by atoms with E-state index in [9.17, 15) is 25.2 Å². The maximum atomic E-state index is 14.4. The van der Waals surface area contributed by atoms with Crippen LogP contribution in [0.25, 0.3) is 10.9 Å². The number of rotatable bonds is 15. The molecule has 54 heavy (non-hydrogen) atoms. The van der Waals surface area contributed by atoms with Crippen molar-refractivity contribution in [1.29, 1.82) is 0 Å². The SMILES string of the molecule is CCCN(C(=O)NCc1cc2ccccc2[nH]1)C1CC(=NOC2CCCCO2)C2=CC(CCCCO)C(CCCCO)C3c4cc(O)ccc4OC1(O)C23. The minimum absolute atomic E-state index is 0.0121. The van der Waals surface area contributed by atoms with Gasteiger partial charge in [-0.25, -0.2) is 4.79 Å². The molecule has 12 nitrogen and oxygen atoms in total. The zero-order chi connectivity index (χ0) is 37.7. The quantitative estimate of drug-likeness (QED) is 0.0763. The van der Waals surface area contributed by atoms with Gasteiger partial charge in [0.05, 0.1) is 24.8 Å². The van der Waals surface area contributed by atoms with E-state index >= 15 is 0 Å². The summed E-state index contributed by atoms with van der Waals surface area (Å²) in [5, 5.41) is 52.5. The first-order valence-corrected chi connectivity index (χ1v) is 20.0. The Bertz CT molecular complexity index is 1770. The molecule has 2 aromatic carbocycles. The number of oxime groups is 1. The Kier molecular flexibility index (Phi) is 12.1. The van der Waals surface area contributed by atoms with Crippen LogP contribution in [0.5, 0.6) is 11.5 Å². The topological polar surface area (TPSA) is 169 Å². The smallest absolute Gasteiger partial charge is 0.318 e. The van der Waals surface area contributed by atoms with Gasteiger partial charge in [0.2, 0.25) is 12.1 Å². The molecule has 2 fully saturated rings. The van der Waals surface area contributed by atoms with Crippen LogP contribution < -0.4 is 10.1 Å². The first kappa shape index (κ1) is 38.2. The number of aliphatic hydroxyl groups excluding tert-OH is 2. The molecule has 0 spiro atoms. The Hall–Kier alpha value is -4.10. The Morgan fingerprint density at radius 3 is 2.65 bits per heavy atom. The molecule has 4 aliphatic rings. The zero-order valence-electron chi connectivity index (χ0n) is 31.3. The van der Waals surface area contributed by atoms with Crippen molar-refractivity contribution in [3.63, 3.8) is 0 Å². The molecule has 2 aliphatic carbocycles. The van der Waals surface area contributed by atoms with Crippen molar-refractivity contribution in [3.8, 4) is 11.5 Å². The number of aliphatic hydroxyl groups is 3. The second-order valence-electron chi connectivity index (χ2n) is 15.4. The van der Waals surface area contributed by atoms with Crippen LogP contribution in [-0.2, 0) is 16.1 Å². The molecular formula is C42H56N4O8. The van der Waals surface area contributed by atoms with Gasteiger partial charge in [-0.3, -0.25) is 0 Å². The number of amides is 2. The van der Waals surface area contributed by atoms with Crippen LogP contribution in [0.2, 0.25) is 0 Å². The number of carbonyl (C=O) groups is 1. The van der Waals surface area contributed by atoms with Gasteiger partial charge in [0, 0.05) is 55.3 Å². The molecule has 12 heteroatoms. The van der Waals surface area contributed by atoms with Crippen molar-refractivity contribution in [2.24, 2.45) is 22.9 Å². The number of hydrogen-bond acceptors (Lipinski definition) is 9. The van der Waals surface area contributed by atoms with Gasteiger partial charge in [0.1, 0.15) is 17.5 Å². The second kappa shape index (κ2) is 17.1. The third-order valence-corrected chi connectivity index (χ3v) is 11.8. The monoisotopic (exact) mass is 744 g/mol. The number of urea groups is 1. The molecule has 7 unspecified atom stereocenters. The summed E-state index contributed by atoms with van der Waals surface area (Å²) in [5.41, 5.74) is 4.13. The highest BCUT2D eigenvalue weighted by atomic mass is 16.8. The Morgan fingerprint density at radius 2 is 1.89 bits per heavy atom. The van der Waals surface area contributed by atoms with E-state index in [4.69, 9.17) is 19.5 Å². The molecule has 7 atom stereocenters. The first-order valence-electron chi connectivity index (χ1n) is 20.0. The summed E-state index contributed by atoms with van der Waals surface area (Å²) in [7, 11) is 0. The van der Waals surface area contributed by atoms with Crippen molar-refractivity contribution in [3.05, 3.63) is 71.4 Å². The lowest BCUT2D eigenvalue weighted by molar-refractivity contribution is -0.228. The summed E-state index contributed by atoms with van der Waals surface area (Å²) in [6, 6.07) is 13.9. The van der Waals surface area contributed by atoms with Gasteiger partial charge in [-0.2, -0.15) is 0 Å². The number of H-pyrrole nitrogens is 1. The van der Waals surface area contributed by atoms with E-state index in [2.05, 4.69) is 16.4 Å². The minimum atomic E-state index is -1.85. The number of ether oxygens (including phenoxy) is 2. The van der Waals surface area contributed by atoms with E-state index in [1.165, 1.54) is 0 Å². The van der Waals surface area contributed by atoms with Crippen LogP contribution in [0.4, 0.5) is 4.79 Å². The molecule has 1 saturated carbocycles. The average molecular weight is 745 g/mol. The normalized spacial score (nSPS) is 28.1. The Morgan fingerprint density at radius 1 is 1.07 bits per heavy atom. The number of phenolic OH excluding ortho intramolecular Hbond substituents is 1. The maximum Gasteiger partial charge on any atom is 0.318 e. The number of aromatic nitrogens is 1. The molecule has 0 radical (unpaired) electrons. The van der Waals surface area contributed by atoms with Crippen LogP contribution in [0.15, 0.2) is 65.3 Å². The number of carbonyl (C=O) groups excluding carboxylic acids is 1. The number of benzene rings is 2. The summed E-state index contributed by atoms with van der Waals surface area (Å²) in [6.07, 6.45) is 9.73. The second-order valence-corrected chi connectivity index (χ2v) is 15.4. The Balaban J connectivity index is 1.31. The molecular weight excluding hydrogens is 688 g/mol. The standard InChI is InChI=1S/C42H56N4O8/c1-2-18-46(41(50)43-26-29-22-28-12-3-4-14-34(28)44-29)37-25-35(45-54-38-15-7-10-21-52-38)32-23-27(11-5-8-19-47)31(13-6-9-20-48)39-33-24-30(49)16-17-36(33)53-42(37,51)40(32)39/h3-4,12,14,16-17,22-24,27,31,37-40,44,47-49,51H,2,5-11,13,15,18-21,25-26H2,1H3,(H,43,50). The van der Waals surface area contributed by atoms with E-state index in [-0.39, 0.29) is 55.7 Å². The van der Waals surface area contributed by atoms with Crippen LogP contribution in [0, 0.1) is 17.8 Å². The number of phenols is 1. The van der Waals surface area contributed by atoms with Crippen molar-refractivity contribution in [2.45, 2.75) is 108 Å². The summed E-state index contributed by atoms with van der Waals surface area (Å²) in [4.78, 5) is 25.6. The van der Waals surface area contributed by atoms with Crippen LogP contribution in [-0.4, -0.2) is 86.5 Å². The fourth-order valence-electron chi connectivity index (χ4n) is 9.34. The van der Waals surface area contributed by atoms with Crippen LogP contribution in [0.3, 0.4) is 0 Å². The third kappa shape index (κ3) is 7.84. The highest BCUT2D eigenvalue weighted by Gasteiger charge is 2.64. The lowest BCUT2D eigenvalue weighted by atomic mass is 9.55. The molecule has 2 aliphatic heterocycles. The highest BCUT2D eigenvalue weighted by Crippen LogP contribution is 2.60. The molecule has 292 valence electrons. The number of aromatic hydroxyl groups is 1. The predicted octanol–water partition coefficient (Wildman–Crippen LogP) is 6.45. The molecule has 3 aromatic rings. The number of nitrogens with zero attached hydrogens (tertiary/aromatic N) is 2. The summed E-state index contributed by atoms with van der Waals surface area (Å²) in [5.74, 6) is -2.14. The summed E-state index contributed by atoms with van der Waals surface area (Å²) in [6.45, 7) is 3.42. The maximum absolute atomic E-state index is 14.4. The molecule has 3 heterocycles. The largest absolute Gasteiger partial charge is 0.508 e. The fourth-order valence-corrected chi connectivity index (χ4v) is 9.34. The molecule has 1 saturated heterocycles. The number of unbranched alkanes of at least 4 members (excludes halogenated alkanes) is 2. The van der Waals surface area contributed by atoms with E-state index in [1.54, 1.807) is 23.1 Å². The summed E-state index contributed by atoms with van der Waals surface area (Å²) < 4.78 is 12.6. The van der Waals surface area contributed by atoms with Gasteiger partial charge >= 0.3 is 6.03 Å². The van der Waals surface area contributed by atoms with Gasteiger partial charge < -0.3 is 49.9 Å². The Labute approximate surface area is 317 Å². The van der Waals surface area contributed by atoms with Crippen LogP contribution in [0.1, 0.15) is 94.7 Å². The molecule has 1 aromatic heterocycles. The number of para-hydroxylation sites is 1. The number of aromatic amines is 1. The van der Waals surface area contributed by atoms with Gasteiger partial charge in [0.25, 0.3) is 0 Å². The lowest BCUT2D eigenvalue weighted by Crippen LogP contribution is -2.69.